The van der Waals surface area contributed by atoms with Crippen molar-refractivity contribution in [2.45, 2.75) is 6.92 Å². The molecule has 22 heavy (non-hydrogen) atoms. The van der Waals surface area contributed by atoms with E-state index in [-0.39, 0.29) is 0 Å². The Morgan fingerprint density at radius 1 is 1.27 bits per heavy atom. The highest BCUT2D eigenvalue weighted by Crippen LogP contribution is 2.27. The van der Waals surface area contributed by atoms with Gasteiger partial charge in [0.1, 0.15) is 12.0 Å². The van der Waals surface area contributed by atoms with Crippen LogP contribution in [-0.2, 0) is 0 Å². The van der Waals surface area contributed by atoms with Crippen molar-refractivity contribution in [2.24, 2.45) is 9.98 Å². The minimum Gasteiger partial charge on any atom is -0.276 e. The van der Waals surface area contributed by atoms with Crippen LogP contribution in [0.2, 0.25) is 0 Å². The van der Waals surface area contributed by atoms with Crippen LogP contribution in [0.1, 0.15) is 12.6 Å². The van der Waals surface area contributed by atoms with E-state index < -0.39 is 0 Å². The van der Waals surface area contributed by atoms with Crippen LogP contribution in [0.3, 0.4) is 0 Å². The summed E-state index contributed by atoms with van der Waals surface area (Å²) in [5, 5.41) is 8.46. The lowest BCUT2D eigenvalue weighted by Crippen LogP contribution is -1.86. The predicted molar refractivity (Wildman–Crippen MR) is 91.0 cm³/mol. The fourth-order valence-electron chi connectivity index (χ4n) is 2.21. The standard InChI is InChI=1S/C17H15N5/c1-12(9-19-11-18-2)15-8-14-16(10-20-15)21-22-17(14)13-6-4-3-5-7-13/h3-11H,2H2,1H3,(H,21,22)/b12-9+,19-11?. The number of aromatic nitrogens is 3. The van der Waals surface area contributed by atoms with Crippen LogP contribution in [0.5, 0.6) is 0 Å². The molecule has 0 atom stereocenters. The van der Waals surface area contributed by atoms with Gasteiger partial charge in [0.15, 0.2) is 0 Å². The number of nitrogens with zero attached hydrogens (tertiary/aromatic N) is 4. The van der Waals surface area contributed by atoms with Crippen LogP contribution in [0.25, 0.3) is 27.7 Å². The summed E-state index contributed by atoms with van der Waals surface area (Å²) in [5.74, 6) is 0. The number of H-pyrrole nitrogens is 1. The number of nitrogens with one attached hydrogen (secondary N) is 1. The van der Waals surface area contributed by atoms with Gasteiger partial charge in [-0.1, -0.05) is 30.3 Å². The Hall–Kier alpha value is -3.08. The molecule has 0 bridgehead atoms. The number of pyridine rings is 1. The number of hydrogen-bond acceptors (Lipinski definition) is 3. The second kappa shape index (κ2) is 6.13. The van der Waals surface area contributed by atoms with Gasteiger partial charge in [-0.3, -0.25) is 15.1 Å². The molecule has 0 amide bonds. The van der Waals surface area contributed by atoms with E-state index in [1.807, 2.05) is 43.3 Å². The summed E-state index contributed by atoms with van der Waals surface area (Å²) in [6.45, 7) is 5.31. The Balaban J connectivity index is 2.07. The smallest absolute Gasteiger partial charge is 0.114 e. The van der Waals surface area contributed by atoms with Gasteiger partial charge >= 0.3 is 0 Å². The maximum absolute atomic E-state index is 4.43. The van der Waals surface area contributed by atoms with E-state index in [0.717, 1.165) is 33.4 Å². The molecule has 0 aliphatic heterocycles. The molecule has 0 unspecified atom stereocenters. The summed E-state index contributed by atoms with van der Waals surface area (Å²) in [7, 11) is 0. The molecule has 2 heterocycles. The topological polar surface area (TPSA) is 66.3 Å². The van der Waals surface area contributed by atoms with Crippen LogP contribution in [-0.4, -0.2) is 28.2 Å². The minimum atomic E-state index is 0.854. The molecule has 0 saturated carbocycles. The first-order valence-corrected chi connectivity index (χ1v) is 6.84. The number of fused-ring (bicyclic) bond motifs is 1. The van der Waals surface area contributed by atoms with E-state index in [2.05, 4.69) is 31.9 Å². The van der Waals surface area contributed by atoms with Gasteiger partial charge in [0, 0.05) is 17.1 Å². The summed E-state index contributed by atoms with van der Waals surface area (Å²) < 4.78 is 0. The van der Waals surface area contributed by atoms with E-state index in [4.69, 9.17) is 0 Å². The summed E-state index contributed by atoms with van der Waals surface area (Å²) in [5.41, 5.74) is 4.70. The lowest BCUT2D eigenvalue weighted by atomic mass is 10.1. The van der Waals surface area contributed by atoms with Gasteiger partial charge in [-0.05, 0) is 25.3 Å². The lowest BCUT2D eigenvalue weighted by Gasteiger charge is -2.01. The first kappa shape index (κ1) is 13.9. The monoisotopic (exact) mass is 289 g/mol. The number of allylic oxidation sites excluding steroid dienone is 1. The zero-order valence-corrected chi connectivity index (χ0v) is 12.2. The maximum atomic E-state index is 4.43. The van der Waals surface area contributed by atoms with Crippen molar-refractivity contribution < 1.29 is 0 Å². The summed E-state index contributed by atoms with van der Waals surface area (Å²) in [4.78, 5) is 12.0. The Morgan fingerprint density at radius 2 is 2.09 bits per heavy atom. The van der Waals surface area contributed by atoms with Crippen molar-refractivity contribution in [3.8, 4) is 11.3 Å². The largest absolute Gasteiger partial charge is 0.276 e. The van der Waals surface area contributed by atoms with Crippen molar-refractivity contribution in [2.75, 3.05) is 0 Å². The fraction of sp³-hybridized carbons (Fsp3) is 0.0588. The number of hydrogen-bond donors (Lipinski definition) is 1. The van der Waals surface area contributed by atoms with Crippen LogP contribution in [0.4, 0.5) is 0 Å². The highest BCUT2D eigenvalue weighted by atomic mass is 15.1. The number of benzene rings is 1. The zero-order chi connectivity index (χ0) is 15.4. The fourth-order valence-corrected chi connectivity index (χ4v) is 2.21. The normalized spacial score (nSPS) is 12.1. The number of aromatic amines is 1. The van der Waals surface area contributed by atoms with E-state index in [1.165, 1.54) is 6.34 Å². The molecule has 2 aromatic heterocycles. The van der Waals surface area contributed by atoms with E-state index in [0.29, 0.717) is 0 Å². The Bertz CT molecular complexity index is 859. The van der Waals surface area contributed by atoms with Gasteiger partial charge in [-0.15, -0.1) is 0 Å². The second-order valence-electron chi connectivity index (χ2n) is 4.81. The second-order valence-corrected chi connectivity index (χ2v) is 4.81. The van der Waals surface area contributed by atoms with Gasteiger partial charge in [0.2, 0.25) is 0 Å². The van der Waals surface area contributed by atoms with Crippen molar-refractivity contribution >= 4 is 29.5 Å². The van der Waals surface area contributed by atoms with E-state index >= 15 is 0 Å². The quantitative estimate of drug-likeness (QED) is 0.587. The molecule has 3 rings (SSSR count). The third kappa shape index (κ3) is 2.69. The zero-order valence-electron chi connectivity index (χ0n) is 12.2. The highest BCUT2D eigenvalue weighted by Gasteiger charge is 2.09. The molecule has 0 aliphatic carbocycles. The Kier molecular flexibility index (Phi) is 3.87. The Labute approximate surface area is 128 Å². The molecule has 1 N–H and O–H groups in total. The predicted octanol–water partition coefficient (Wildman–Crippen LogP) is 3.71. The molecule has 0 aliphatic rings. The Morgan fingerprint density at radius 3 is 2.86 bits per heavy atom. The van der Waals surface area contributed by atoms with Crippen molar-refractivity contribution in [3.05, 3.63) is 54.5 Å². The van der Waals surface area contributed by atoms with Crippen molar-refractivity contribution in [1.82, 2.24) is 15.2 Å². The molecule has 0 fully saturated rings. The van der Waals surface area contributed by atoms with Gasteiger partial charge in [0.05, 0.1) is 17.4 Å². The van der Waals surface area contributed by atoms with E-state index in [1.54, 1.807) is 12.4 Å². The SMILES string of the molecule is C=NC=N/C=C(\C)c1cc2c(-c3ccccc3)n[nH]c2cn1. The average Bonchev–Trinajstić information content (AvgIpc) is 2.99. The summed E-state index contributed by atoms with van der Waals surface area (Å²) in [6, 6.07) is 12.1. The van der Waals surface area contributed by atoms with E-state index in [9.17, 15) is 0 Å². The van der Waals surface area contributed by atoms with Crippen LogP contribution in [0.15, 0.2) is 58.8 Å². The van der Waals surface area contributed by atoms with Gasteiger partial charge < -0.3 is 0 Å². The molecule has 0 saturated heterocycles. The number of rotatable bonds is 4. The van der Waals surface area contributed by atoms with Crippen molar-refractivity contribution in [3.63, 3.8) is 0 Å². The molecule has 108 valence electrons. The number of aliphatic imine (C=N–C) groups is 2. The van der Waals surface area contributed by atoms with Crippen LogP contribution >= 0.6 is 0 Å². The van der Waals surface area contributed by atoms with Gasteiger partial charge in [-0.2, -0.15) is 5.10 Å². The molecule has 5 nitrogen and oxygen atoms in total. The average molecular weight is 289 g/mol. The third-order valence-electron chi connectivity index (χ3n) is 3.31. The van der Waals surface area contributed by atoms with Gasteiger partial charge in [-0.25, -0.2) is 4.99 Å². The summed E-state index contributed by atoms with van der Waals surface area (Å²) in [6.07, 6.45) is 4.90. The molecule has 0 spiro atoms. The first-order chi connectivity index (χ1) is 10.8. The molecule has 0 radical (unpaired) electrons. The van der Waals surface area contributed by atoms with Gasteiger partial charge in [0.25, 0.3) is 0 Å². The molecule has 5 heteroatoms. The van der Waals surface area contributed by atoms with Crippen LogP contribution in [0, 0.1) is 0 Å². The highest BCUT2D eigenvalue weighted by molar-refractivity contribution is 5.93. The lowest BCUT2D eigenvalue weighted by molar-refractivity contribution is 1.12. The van der Waals surface area contributed by atoms with Crippen molar-refractivity contribution in [1.29, 1.82) is 0 Å². The summed E-state index contributed by atoms with van der Waals surface area (Å²) >= 11 is 0. The molecular weight excluding hydrogens is 274 g/mol. The first-order valence-electron chi connectivity index (χ1n) is 6.84. The maximum Gasteiger partial charge on any atom is 0.114 e. The minimum absolute atomic E-state index is 0.854. The van der Waals surface area contributed by atoms with Crippen LogP contribution < -0.4 is 0 Å². The molecule has 3 aromatic rings. The molecule has 1 aromatic carbocycles. The third-order valence-corrected chi connectivity index (χ3v) is 3.31. The molecular formula is C17H15N5.